The lowest BCUT2D eigenvalue weighted by Gasteiger charge is -2.26. The molecule has 1 rings (SSSR count). The van der Waals surface area contributed by atoms with Gasteiger partial charge in [0.05, 0.1) is 5.41 Å². The number of aliphatic hydroxyl groups excluding tert-OH is 1. The number of aliphatic hydroxyl groups is 1. The molecule has 1 aromatic carbocycles. The fraction of sp³-hybridized carbons (Fsp3) is 0.588. The molecule has 0 fully saturated rings. The van der Waals surface area contributed by atoms with E-state index in [4.69, 9.17) is 5.11 Å². The minimum atomic E-state index is -0.705. The quantitative estimate of drug-likeness (QED) is 0.774. The van der Waals surface area contributed by atoms with Crippen LogP contribution in [0, 0.1) is 11.7 Å². The maximum atomic E-state index is 13.0. The van der Waals surface area contributed by atoms with Crippen LogP contribution < -0.4 is 5.32 Å². The van der Waals surface area contributed by atoms with Crippen molar-refractivity contribution in [2.75, 3.05) is 13.2 Å². The first-order valence-corrected chi connectivity index (χ1v) is 7.57. The van der Waals surface area contributed by atoms with Gasteiger partial charge in [0.15, 0.2) is 0 Å². The third kappa shape index (κ3) is 5.12. The Balaban J connectivity index is 2.66. The zero-order chi connectivity index (χ0) is 15.9. The van der Waals surface area contributed by atoms with Gasteiger partial charge in [-0.1, -0.05) is 25.5 Å². The maximum absolute atomic E-state index is 13.0. The number of hydrogen-bond donors (Lipinski definition) is 2. The van der Waals surface area contributed by atoms with Gasteiger partial charge in [-0.2, -0.15) is 0 Å². The lowest BCUT2D eigenvalue weighted by Crippen LogP contribution is -2.42. The number of hydrogen-bond acceptors (Lipinski definition) is 2. The molecule has 0 aliphatic rings. The van der Waals surface area contributed by atoms with Gasteiger partial charge in [-0.15, -0.1) is 0 Å². The van der Waals surface area contributed by atoms with Crippen LogP contribution in [0.5, 0.6) is 0 Å². The van der Waals surface area contributed by atoms with E-state index < -0.39 is 5.41 Å². The average Bonchev–Trinajstić information content (AvgIpc) is 2.45. The molecular formula is C17H26FNO2. The fourth-order valence-corrected chi connectivity index (χ4v) is 2.39. The zero-order valence-electron chi connectivity index (χ0n) is 13.2. The van der Waals surface area contributed by atoms with E-state index in [0.717, 1.165) is 18.4 Å². The van der Waals surface area contributed by atoms with Crippen LogP contribution in [-0.4, -0.2) is 24.2 Å². The van der Waals surface area contributed by atoms with Crippen molar-refractivity contribution in [2.45, 2.75) is 45.4 Å². The molecule has 0 bridgehead atoms. The Labute approximate surface area is 126 Å². The van der Waals surface area contributed by atoms with Crippen molar-refractivity contribution in [1.82, 2.24) is 5.32 Å². The Morgan fingerprint density at radius 1 is 1.29 bits per heavy atom. The summed E-state index contributed by atoms with van der Waals surface area (Å²) >= 11 is 0. The van der Waals surface area contributed by atoms with Crippen LogP contribution in [0.25, 0.3) is 0 Å². The van der Waals surface area contributed by atoms with Gasteiger partial charge in [0, 0.05) is 13.2 Å². The molecule has 4 heteroatoms. The Bertz CT molecular complexity index is 437. The summed E-state index contributed by atoms with van der Waals surface area (Å²) in [5.41, 5.74) is 0.0829. The number of rotatable bonds is 8. The van der Waals surface area contributed by atoms with E-state index in [1.54, 1.807) is 12.1 Å². The summed E-state index contributed by atoms with van der Waals surface area (Å²) in [5, 5.41) is 12.0. The standard InChI is InChI=1S/C17H26FNO2/c1-4-5-13(10-11-20)12-19-16(21)17(2,3)14-6-8-15(18)9-7-14/h6-9,13,20H,4-5,10-12H2,1-3H3,(H,19,21). The van der Waals surface area contributed by atoms with Crippen molar-refractivity contribution in [2.24, 2.45) is 5.92 Å². The second-order valence-electron chi connectivity index (χ2n) is 6.01. The Morgan fingerprint density at radius 3 is 2.43 bits per heavy atom. The minimum absolute atomic E-state index is 0.0758. The largest absolute Gasteiger partial charge is 0.396 e. The van der Waals surface area contributed by atoms with Gasteiger partial charge < -0.3 is 10.4 Å². The van der Waals surface area contributed by atoms with E-state index in [1.807, 2.05) is 13.8 Å². The summed E-state index contributed by atoms with van der Waals surface area (Å²) < 4.78 is 13.0. The summed E-state index contributed by atoms with van der Waals surface area (Å²) in [6.07, 6.45) is 2.71. The molecule has 3 nitrogen and oxygen atoms in total. The van der Waals surface area contributed by atoms with Crippen molar-refractivity contribution in [3.05, 3.63) is 35.6 Å². The summed E-state index contributed by atoms with van der Waals surface area (Å²) in [7, 11) is 0. The minimum Gasteiger partial charge on any atom is -0.396 e. The highest BCUT2D eigenvalue weighted by molar-refractivity contribution is 5.87. The second-order valence-corrected chi connectivity index (χ2v) is 6.01. The van der Waals surface area contributed by atoms with Gasteiger partial charge >= 0.3 is 0 Å². The van der Waals surface area contributed by atoms with Gasteiger partial charge in [0.2, 0.25) is 5.91 Å². The van der Waals surface area contributed by atoms with E-state index in [2.05, 4.69) is 12.2 Å². The summed E-state index contributed by atoms with van der Waals surface area (Å²) in [4.78, 5) is 12.4. The number of benzene rings is 1. The highest BCUT2D eigenvalue weighted by Gasteiger charge is 2.29. The monoisotopic (exact) mass is 295 g/mol. The molecule has 0 aliphatic heterocycles. The predicted molar refractivity (Wildman–Crippen MR) is 82.5 cm³/mol. The third-order valence-electron chi connectivity index (χ3n) is 3.92. The Kier molecular flexibility index (Phi) is 6.82. The maximum Gasteiger partial charge on any atom is 0.230 e. The van der Waals surface area contributed by atoms with Crippen LogP contribution in [0.4, 0.5) is 4.39 Å². The first kappa shape index (κ1) is 17.6. The predicted octanol–water partition coefficient (Wildman–Crippen LogP) is 3.02. The van der Waals surface area contributed by atoms with Gasteiger partial charge in [0.25, 0.3) is 0 Å². The number of carbonyl (C=O) groups excluding carboxylic acids is 1. The van der Waals surface area contributed by atoms with Crippen LogP contribution >= 0.6 is 0 Å². The normalized spacial score (nSPS) is 13.0. The molecule has 0 radical (unpaired) electrons. The van der Waals surface area contributed by atoms with Crippen molar-refractivity contribution < 1.29 is 14.3 Å². The van der Waals surface area contributed by atoms with Crippen LogP contribution in [0.15, 0.2) is 24.3 Å². The van der Waals surface area contributed by atoms with Crippen LogP contribution in [0.1, 0.15) is 45.6 Å². The van der Waals surface area contributed by atoms with E-state index in [0.29, 0.717) is 18.9 Å². The molecule has 21 heavy (non-hydrogen) atoms. The number of carbonyl (C=O) groups is 1. The smallest absolute Gasteiger partial charge is 0.230 e. The van der Waals surface area contributed by atoms with Gasteiger partial charge in [0.1, 0.15) is 5.82 Å². The van der Waals surface area contributed by atoms with Crippen molar-refractivity contribution >= 4 is 5.91 Å². The van der Waals surface area contributed by atoms with Gasteiger partial charge in [-0.05, 0) is 50.3 Å². The van der Waals surface area contributed by atoms with Gasteiger partial charge in [-0.25, -0.2) is 4.39 Å². The van der Waals surface area contributed by atoms with Crippen molar-refractivity contribution in [1.29, 1.82) is 0 Å². The number of amides is 1. The molecule has 1 atom stereocenters. The molecule has 0 saturated heterocycles. The van der Waals surface area contributed by atoms with E-state index in [9.17, 15) is 9.18 Å². The number of halogens is 1. The Morgan fingerprint density at radius 2 is 1.90 bits per heavy atom. The molecule has 1 aromatic rings. The summed E-state index contributed by atoms with van der Waals surface area (Å²) in [5.74, 6) is -0.0815. The van der Waals surface area contributed by atoms with Crippen LogP contribution in [0.3, 0.4) is 0 Å². The first-order valence-electron chi connectivity index (χ1n) is 7.57. The third-order valence-corrected chi connectivity index (χ3v) is 3.92. The molecular weight excluding hydrogens is 269 g/mol. The highest BCUT2D eigenvalue weighted by Crippen LogP contribution is 2.24. The number of nitrogens with one attached hydrogen (secondary N) is 1. The summed E-state index contributed by atoms with van der Waals surface area (Å²) in [6, 6.07) is 6.03. The molecule has 1 amide bonds. The zero-order valence-corrected chi connectivity index (χ0v) is 13.2. The van der Waals surface area contributed by atoms with Crippen molar-refractivity contribution in [3.63, 3.8) is 0 Å². The van der Waals surface area contributed by atoms with E-state index in [-0.39, 0.29) is 18.3 Å². The molecule has 0 heterocycles. The summed E-state index contributed by atoms with van der Waals surface area (Å²) in [6.45, 7) is 6.46. The second kappa shape index (κ2) is 8.13. The molecule has 0 aliphatic carbocycles. The van der Waals surface area contributed by atoms with Crippen LogP contribution in [-0.2, 0) is 10.2 Å². The molecule has 0 spiro atoms. The first-order chi connectivity index (χ1) is 9.91. The SMILES string of the molecule is CCCC(CCO)CNC(=O)C(C)(C)c1ccc(F)cc1. The molecule has 0 saturated carbocycles. The molecule has 0 aromatic heterocycles. The van der Waals surface area contributed by atoms with Crippen molar-refractivity contribution in [3.8, 4) is 0 Å². The Hall–Kier alpha value is -1.42. The molecule has 118 valence electrons. The molecule has 1 unspecified atom stereocenters. The lowest BCUT2D eigenvalue weighted by molar-refractivity contribution is -0.125. The van der Waals surface area contributed by atoms with Crippen LogP contribution in [0.2, 0.25) is 0 Å². The van der Waals surface area contributed by atoms with Gasteiger partial charge in [-0.3, -0.25) is 4.79 Å². The van der Waals surface area contributed by atoms with E-state index >= 15 is 0 Å². The van der Waals surface area contributed by atoms with E-state index in [1.165, 1.54) is 12.1 Å². The average molecular weight is 295 g/mol. The lowest BCUT2D eigenvalue weighted by atomic mass is 9.83. The fourth-order valence-electron chi connectivity index (χ4n) is 2.39. The molecule has 2 N–H and O–H groups in total. The topological polar surface area (TPSA) is 49.3 Å². The highest BCUT2D eigenvalue weighted by atomic mass is 19.1.